The molecule has 1 aromatic heterocycles. The van der Waals surface area contributed by atoms with E-state index in [2.05, 4.69) is 15.1 Å². The van der Waals surface area contributed by atoms with Gasteiger partial charge < -0.3 is 14.0 Å². The van der Waals surface area contributed by atoms with Crippen LogP contribution in [-0.2, 0) is 11.3 Å². The van der Waals surface area contributed by atoms with Gasteiger partial charge >= 0.3 is 0 Å². The fraction of sp³-hybridized carbons (Fsp3) is 0.160. The summed E-state index contributed by atoms with van der Waals surface area (Å²) in [7, 11) is 3.14. The zero-order valence-corrected chi connectivity index (χ0v) is 20.3. The number of halogens is 1. The number of rotatable bonds is 9. The van der Waals surface area contributed by atoms with E-state index in [4.69, 9.17) is 26.1 Å². The number of imidazole rings is 1. The van der Waals surface area contributed by atoms with E-state index in [9.17, 15) is 4.79 Å². The van der Waals surface area contributed by atoms with E-state index in [1.165, 1.54) is 11.8 Å². The lowest BCUT2D eigenvalue weighted by molar-refractivity contribution is -0.118. The Morgan fingerprint density at radius 1 is 1.09 bits per heavy atom. The molecule has 34 heavy (non-hydrogen) atoms. The monoisotopic (exact) mass is 494 g/mol. The molecular formula is C25H23ClN4O3S. The predicted molar refractivity (Wildman–Crippen MR) is 136 cm³/mol. The number of carbonyl (C=O) groups is 1. The minimum absolute atomic E-state index is 0.162. The van der Waals surface area contributed by atoms with Gasteiger partial charge in [-0.25, -0.2) is 10.4 Å². The Morgan fingerprint density at radius 3 is 2.65 bits per heavy atom. The predicted octanol–water partition coefficient (Wildman–Crippen LogP) is 5.00. The number of hydrogen-bond acceptors (Lipinski definition) is 6. The Balaban J connectivity index is 1.43. The minimum Gasteiger partial charge on any atom is -0.493 e. The second-order valence-electron chi connectivity index (χ2n) is 7.26. The number of carbonyl (C=O) groups excluding carboxylic acids is 1. The number of amides is 1. The van der Waals surface area contributed by atoms with Gasteiger partial charge in [0.25, 0.3) is 5.91 Å². The second kappa shape index (κ2) is 11.1. The van der Waals surface area contributed by atoms with E-state index in [0.717, 1.165) is 27.3 Å². The van der Waals surface area contributed by atoms with Crippen LogP contribution in [0.3, 0.4) is 0 Å². The molecule has 0 radical (unpaired) electrons. The molecule has 7 nitrogen and oxygen atoms in total. The zero-order valence-electron chi connectivity index (χ0n) is 18.7. The summed E-state index contributed by atoms with van der Waals surface area (Å²) in [5, 5.41) is 5.48. The van der Waals surface area contributed by atoms with Crippen LogP contribution >= 0.6 is 23.4 Å². The van der Waals surface area contributed by atoms with Gasteiger partial charge in [-0.2, -0.15) is 5.10 Å². The molecule has 174 valence electrons. The third kappa shape index (κ3) is 5.52. The lowest BCUT2D eigenvalue weighted by atomic mass is 10.2. The molecule has 0 unspecified atom stereocenters. The maximum atomic E-state index is 12.4. The summed E-state index contributed by atoms with van der Waals surface area (Å²) >= 11 is 7.73. The molecule has 0 bridgehead atoms. The number of hydrogen-bond donors (Lipinski definition) is 1. The number of fused-ring (bicyclic) bond motifs is 1. The Morgan fingerprint density at radius 2 is 1.85 bits per heavy atom. The van der Waals surface area contributed by atoms with Crippen molar-refractivity contribution in [3.8, 4) is 11.5 Å². The van der Waals surface area contributed by atoms with Gasteiger partial charge in [0.15, 0.2) is 16.7 Å². The van der Waals surface area contributed by atoms with Crippen LogP contribution in [0.4, 0.5) is 0 Å². The fourth-order valence-corrected chi connectivity index (χ4v) is 4.39. The Bertz CT molecular complexity index is 1340. The van der Waals surface area contributed by atoms with Gasteiger partial charge in [0, 0.05) is 5.02 Å². The highest BCUT2D eigenvalue weighted by molar-refractivity contribution is 7.99. The quantitative estimate of drug-likeness (QED) is 0.201. The molecule has 4 aromatic rings. The van der Waals surface area contributed by atoms with E-state index >= 15 is 0 Å². The van der Waals surface area contributed by atoms with Crippen molar-refractivity contribution >= 4 is 46.5 Å². The highest BCUT2D eigenvalue weighted by atomic mass is 35.5. The van der Waals surface area contributed by atoms with E-state index in [-0.39, 0.29) is 11.7 Å². The molecule has 3 aromatic carbocycles. The summed E-state index contributed by atoms with van der Waals surface area (Å²) in [5.41, 5.74) is 6.16. The summed E-state index contributed by atoms with van der Waals surface area (Å²) in [4.78, 5) is 17.1. The molecule has 1 heterocycles. The Hall–Kier alpha value is -3.49. The first kappa shape index (κ1) is 23.7. The molecule has 1 amide bonds. The molecule has 0 saturated heterocycles. The van der Waals surface area contributed by atoms with Crippen molar-refractivity contribution in [2.45, 2.75) is 11.7 Å². The van der Waals surface area contributed by atoms with Crippen molar-refractivity contribution in [1.82, 2.24) is 15.0 Å². The number of hydrazone groups is 1. The van der Waals surface area contributed by atoms with Gasteiger partial charge in [0.1, 0.15) is 0 Å². The average Bonchev–Trinajstić information content (AvgIpc) is 3.21. The standard InChI is InChI=1S/C25H23ClN4O3S/c1-32-22-12-11-17(13-23(22)33-2)14-27-29-24(31)16-34-25-28-20-9-5-6-10-21(20)30(25)15-18-7-3-4-8-19(18)26/h3-14H,15-16H2,1-2H3,(H,29,31)/b27-14+. The molecule has 0 aliphatic heterocycles. The van der Waals surface area contributed by atoms with Gasteiger partial charge in [-0.05, 0) is 47.5 Å². The smallest absolute Gasteiger partial charge is 0.250 e. The number of nitrogens with zero attached hydrogens (tertiary/aromatic N) is 3. The summed E-state index contributed by atoms with van der Waals surface area (Å²) < 4.78 is 12.6. The first-order valence-electron chi connectivity index (χ1n) is 10.4. The van der Waals surface area contributed by atoms with Gasteiger partial charge in [-0.3, -0.25) is 4.79 Å². The van der Waals surface area contributed by atoms with Crippen LogP contribution in [0.15, 0.2) is 77.0 Å². The van der Waals surface area contributed by atoms with Crippen molar-refractivity contribution in [3.05, 3.63) is 82.9 Å². The molecule has 1 N–H and O–H groups in total. The zero-order chi connectivity index (χ0) is 23.9. The second-order valence-corrected chi connectivity index (χ2v) is 8.61. The Labute approximate surface area is 206 Å². The molecule has 0 aliphatic carbocycles. The van der Waals surface area contributed by atoms with Crippen molar-refractivity contribution in [2.24, 2.45) is 5.10 Å². The fourth-order valence-electron chi connectivity index (χ4n) is 3.39. The molecule has 4 rings (SSSR count). The third-order valence-electron chi connectivity index (χ3n) is 5.05. The van der Waals surface area contributed by atoms with Crippen LogP contribution in [0.2, 0.25) is 5.02 Å². The largest absolute Gasteiger partial charge is 0.493 e. The maximum Gasteiger partial charge on any atom is 0.250 e. The first-order valence-corrected chi connectivity index (χ1v) is 11.8. The van der Waals surface area contributed by atoms with E-state index in [0.29, 0.717) is 23.1 Å². The number of aromatic nitrogens is 2. The number of thioether (sulfide) groups is 1. The van der Waals surface area contributed by atoms with Crippen molar-refractivity contribution in [1.29, 1.82) is 0 Å². The van der Waals surface area contributed by atoms with Crippen LogP contribution in [0.5, 0.6) is 11.5 Å². The van der Waals surface area contributed by atoms with Crippen LogP contribution in [0, 0.1) is 0 Å². The molecule has 0 aliphatic rings. The first-order chi connectivity index (χ1) is 16.6. The van der Waals surface area contributed by atoms with Crippen LogP contribution in [0.25, 0.3) is 11.0 Å². The number of methoxy groups -OCH3 is 2. The van der Waals surface area contributed by atoms with E-state index in [1.807, 2.05) is 54.6 Å². The molecular weight excluding hydrogens is 472 g/mol. The lowest BCUT2D eigenvalue weighted by Gasteiger charge is -2.10. The highest BCUT2D eigenvalue weighted by Crippen LogP contribution is 2.28. The maximum absolute atomic E-state index is 12.4. The molecule has 0 saturated carbocycles. The topological polar surface area (TPSA) is 77.7 Å². The normalized spacial score (nSPS) is 11.1. The molecule has 0 atom stereocenters. The summed E-state index contributed by atoms with van der Waals surface area (Å²) in [6.07, 6.45) is 1.55. The van der Waals surface area contributed by atoms with E-state index in [1.54, 1.807) is 32.6 Å². The summed E-state index contributed by atoms with van der Waals surface area (Å²) in [6.45, 7) is 0.557. The van der Waals surface area contributed by atoms with Crippen LogP contribution in [0.1, 0.15) is 11.1 Å². The number of nitrogens with one attached hydrogen (secondary N) is 1. The van der Waals surface area contributed by atoms with Gasteiger partial charge in [0.2, 0.25) is 0 Å². The van der Waals surface area contributed by atoms with Crippen LogP contribution < -0.4 is 14.9 Å². The number of benzene rings is 3. The molecule has 0 fully saturated rings. The average molecular weight is 495 g/mol. The SMILES string of the molecule is COc1ccc(/C=N/NC(=O)CSc2nc3ccccc3n2Cc2ccccc2Cl)cc1OC. The van der Waals surface area contributed by atoms with E-state index < -0.39 is 0 Å². The third-order valence-corrected chi connectivity index (χ3v) is 6.39. The summed E-state index contributed by atoms with van der Waals surface area (Å²) in [6, 6.07) is 21.0. The van der Waals surface area contributed by atoms with Gasteiger partial charge in [0.05, 0.1) is 43.8 Å². The van der Waals surface area contributed by atoms with Gasteiger partial charge in [-0.1, -0.05) is 53.7 Å². The minimum atomic E-state index is -0.238. The molecule has 9 heteroatoms. The number of para-hydroxylation sites is 2. The summed E-state index contributed by atoms with van der Waals surface area (Å²) in [5.74, 6) is 1.14. The number of ether oxygens (including phenoxy) is 2. The lowest BCUT2D eigenvalue weighted by Crippen LogP contribution is -2.20. The van der Waals surface area contributed by atoms with Gasteiger partial charge in [-0.15, -0.1) is 0 Å². The van der Waals surface area contributed by atoms with Crippen molar-refractivity contribution in [2.75, 3.05) is 20.0 Å². The van der Waals surface area contributed by atoms with Crippen molar-refractivity contribution in [3.63, 3.8) is 0 Å². The Kier molecular flexibility index (Phi) is 7.72. The highest BCUT2D eigenvalue weighted by Gasteiger charge is 2.14. The van der Waals surface area contributed by atoms with Crippen molar-refractivity contribution < 1.29 is 14.3 Å². The molecule has 0 spiro atoms. The van der Waals surface area contributed by atoms with Crippen LogP contribution in [-0.4, -0.2) is 41.6 Å².